The van der Waals surface area contributed by atoms with Crippen molar-refractivity contribution in [2.24, 2.45) is 0 Å². The van der Waals surface area contributed by atoms with Gasteiger partial charge in [-0.1, -0.05) is 36.7 Å². The first-order valence-corrected chi connectivity index (χ1v) is 9.27. The lowest BCUT2D eigenvalue weighted by Crippen LogP contribution is -2.46. The summed E-state index contributed by atoms with van der Waals surface area (Å²) in [5, 5.41) is 0.871. The van der Waals surface area contributed by atoms with Crippen LogP contribution in [-0.2, 0) is 13.3 Å². The molecule has 0 atom stereocenters. The van der Waals surface area contributed by atoms with E-state index in [2.05, 4.69) is 36.7 Å². The molecule has 0 amide bonds. The van der Waals surface area contributed by atoms with Gasteiger partial charge in [0, 0.05) is 31.2 Å². The molecule has 5 heteroatoms. The molecule has 0 spiro atoms. The number of hydrogen-bond acceptors (Lipinski definition) is 3. The van der Waals surface area contributed by atoms with Crippen LogP contribution >= 0.6 is 15.9 Å². The van der Waals surface area contributed by atoms with Crippen molar-refractivity contribution in [3.05, 3.63) is 0 Å². The minimum atomic E-state index is -2.41. The van der Waals surface area contributed by atoms with Crippen molar-refractivity contribution in [3.63, 3.8) is 0 Å². The molecule has 0 unspecified atom stereocenters. The first-order chi connectivity index (χ1) is 7.74. The summed E-state index contributed by atoms with van der Waals surface area (Å²) in [6.45, 7) is 8.50. The minimum absolute atomic E-state index is 0.729. The van der Waals surface area contributed by atoms with Crippen molar-refractivity contribution in [2.75, 3.05) is 25.2 Å². The van der Waals surface area contributed by atoms with E-state index in [1.165, 1.54) is 0 Å². The van der Waals surface area contributed by atoms with Crippen molar-refractivity contribution in [3.8, 4) is 0 Å². The molecule has 0 bridgehead atoms. The summed E-state index contributed by atoms with van der Waals surface area (Å²) in [4.78, 5) is 0. The van der Waals surface area contributed by atoms with Crippen LogP contribution in [-0.4, -0.2) is 34.0 Å². The number of rotatable bonds is 11. The molecular formula is C11H25BrO3Si. The molecule has 0 radical (unpaired) electrons. The molecule has 0 heterocycles. The Hall–Kier alpha value is 0.577. The Morgan fingerprint density at radius 1 is 0.812 bits per heavy atom. The van der Waals surface area contributed by atoms with Gasteiger partial charge in [-0.3, -0.25) is 0 Å². The zero-order valence-corrected chi connectivity index (χ0v) is 13.3. The smallest absolute Gasteiger partial charge is 0.373 e. The van der Waals surface area contributed by atoms with Gasteiger partial charge in [-0.05, 0) is 19.3 Å². The third-order valence-corrected chi connectivity index (χ3v) is 5.90. The number of halogens is 1. The van der Waals surface area contributed by atoms with Crippen molar-refractivity contribution >= 4 is 24.7 Å². The van der Waals surface area contributed by atoms with E-state index in [0.717, 1.165) is 50.5 Å². The average Bonchev–Trinajstić information content (AvgIpc) is 2.31. The predicted molar refractivity (Wildman–Crippen MR) is 73.1 cm³/mol. The molecule has 0 aliphatic carbocycles. The summed E-state index contributed by atoms with van der Waals surface area (Å²) in [6, 6.07) is 0.854. The zero-order valence-electron chi connectivity index (χ0n) is 10.8. The van der Waals surface area contributed by atoms with Crippen LogP contribution in [0.15, 0.2) is 0 Å². The molecule has 0 aromatic carbocycles. The maximum atomic E-state index is 5.89. The lowest BCUT2D eigenvalue weighted by atomic mass is 10.5. The molecule has 0 aliphatic heterocycles. The third kappa shape index (κ3) is 7.01. The van der Waals surface area contributed by atoms with Gasteiger partial charge >= 0.3 is 8.80 Å². The van der Waals surface area contributed by atoms with Crippen molar-refractivity contribution in [1.29, 1.82) is 0 Å². The molecule has 16 heavy (non-hydrogen) atoms. The summed E-state index contributed by atoms with van der Waals surface area (Å²) in [7, 11) is -2.41. The van der Waals surface area contributed by atoms with Crippen molar-refractivity contribution in [1.82, 2.24) is 0 Å². The fourth-order valence-electron chi connectivity index (χ4n) is 1.23. The van der Waals surface area contributed by atoms with Crippen LogP contribution in [0.5, 0.6) is 0 Å². The van der Waals surface area contributed by atoms with Crippen molar-refractivity contribution in [2.45, 2.75) is 46.1 Å². The SMILES string of the molecule is CCCO[Si](CCBr)(OCCC)OCCC. The Morgan fingerprint density at radius 3 is 1.44 bits per heavy atom. The van der Waals surface area contributed by atoms with Crippen LogP contribution in [0, 0.1) is 0 Å². The van der Waals surface area contributed by atoms with Crippen molar-refractivity contribution < 1.29 is 13.3 Å². The van der Waals surface area contributed by atoms with E-state index < -0.39 is 8.80 Å². The number of hydrogen-bond donors (Lipinski definition) is 0. The van der Waals surface area contributed by atoms with E-state index in [0.29, 0.717) is 0 Å². The lowest BCUT2D eigenvalue weighted by Gasteiger charge is -2.29. The fraction of sp³-hybridized carbons (Fsp3) is 1.00. The molecule has 0 fully saturated rings. The van der Waals surface area contributed by atoms with E-state index in [1.54, 1.807) is 0 Å². The lowest BCUT2D eigenvalue weighted by molar-refractivity contribution is 0.0607. The van der Waals surface area contributed by atoms with Crippen LogP contribution in [0.3, 0.4) is 0 Å². The number of alkyl halides is 1. The van der Waals surface area contributed by atoms with E-state index in [9.17, 15) is 0 Å². The molecule has 0 saturated carbocycles. The highest BCUT2D eigenvalue weighted by atomic mass is 79.9. The standard InChI is InChI=1S/C11H25BrO3Si/c1-4-8-13-16(11-7-12,14-9-5-2)15-10-6-3/h4-11H2,1-3H3. The third-order valence-electron chi connectivity index (χ3n) is 1.98. The Balaban J connectivity index is 4.32. The quantitative estimate of drug-likeness (QED) is 0.431. The van der Waals surface area contributed by atoms with Crippen LogP contribution < -0.4 is 0 Å². The fourth-order valence-corrected chi connectivity index (χ4v) is 5.15. The summed E-state index contributed by atoms with van der Waals surface area (Å²) >= 11 is 3.46. The van der Waals surface area contributed by atoms with Crippen LogP contribution in [0.4, 0.5) is 0 Å². The molecule has 0 aromatic heterocycles. The topological polar surface area (TPSA) is 27.7 Å². The van der Waals surface area contributed by atoms with E-state index >= 15 is 0 Å². The van der Waals surface area contributed by atoms with Gasteiger partial charge in [0.15, 0.2) is 0 Å². The predicted octanol–water partition coefficient (Wildman–Crippen LogP) is 3.60. The van der Waals surface area contributed by atoms with Gasteiger partial charge in [0.2, 0.25) is 0 Å². The average molecular weight is 313 g/mol. The van der Waals surface area contributed by atoms with Gasteiger partial charge in [0.25, 0.3) is 0 Å². The van der Waals surface area contributed by atoms with Gasteiger partial charge in [0.05, 0.1) is 0 Å². The summed E-state index contributed by atoms with van der Waals surface area (Å²) < 4.78 is 17.7. The molecule has 98 valence electrons. The zero-order chi connectivity index (χ0) is 12.3. The molecular weight excluding hydrogens is 288 g/mol. The maximum Gasteiger partial charge on any atom is 0.501 e. The molecule has 0 rings (SSSR count). The highest BCUT2D eigenvalue weighted by Crippen LogP contribution is 2.18. The Morgan fingerprint density at radius 2 is 1.19 bits per heavy atom. The first kappa shape index (κ1) is 16.6. The Kier molecular flexibility index (Phi) is 11.1. The van der Waals surface area contributed by atoms with Crippen LogP contribution in [0.25, 0.3) is 0 Å². The molecule has 3 nitrogen and oxygen atoms in total. The van der Waals surface area contributed by atoms with Crippen LogP contribution in [0.2, 0.25) is 6.04 Å². The monoisotopic (exact) mass is 312 g/mol. The first-order valence-electron chi connectivity index (χ1n) is 6.22. The second-order valence-corrected chi connectivity index (χ2v) is 7.19. The molecule has 0 saturated heterocycles. The van der Waals surface area contributed by atoms with Gasteiger partial charge < -0.3 is 13.3 Å². The summed E-state index contributed by atoms with van der Waals surface area (Å²) in [6.07, 6.45) is 3.01. The van der Waals surface area contributed by atoms with Crippen LogP contribution in [0.1, 0.15) is 40.0 Å². The van der Waals surface area contributed by atoms with Gasteiger partial charge in [-0.25, -0.2) is 0 Å². The normalized spacial score (nSPS) is 12.0. The highest BCUT2D eigenvalue weighted by molar-refractivity contribution is 9.09. The second kappa shape index (κ2) is 10.7. The molecule has 0 N–H and O–H groups in total. The maximum absolute atomic E-state index is 5.89. The summed E-state index contributed by atoms with van der Waals surface area (Å²) in [5.41, 5.74) is 0. The van der Waals surface area contributed by atoms with Gasteiger partial charge in [-0.2, -0.15) is 0 Å². The van der Waals surface area contributed by atoms with E-state index in [-0.39, 0.29) is 0 Å². The second-order valence-electron chi connectivity index (χ2n) is 3.67. The summed E-state index contributed by atoms with van der Waals surface area (Å²) in [5.74, 6) is 0. The molecule has 0 aromatic rings. The van der Waals surface area contributed by atoms with Gasteiger partial charge in [0.1, 0.15) is 0 Å². The highest BCUT2D eigenvalue weighted by Gasteiger charge is 2.40. The van der Waals surface area contributed by atoms with E-state index in [4.69, 9.17) is 13.3 Å². The van der Waals surface area contributed by atoms with Gasteiger partial charge in [-0.15, -0.1) is 0 Å². The van der Waals surface area contributed by atoms with E-state index in [1.807, 2.05) is 0 Å². The largest absolute Gasteiger partial charge is 0.501 e. The minimum Gasteiger partial charge on any atom is -0.373 e. The Bertz CT molecular complexity index is 136. The Labute approximate surface area is 109 Å². The molecule has 0 aliphatic rings.